The molecule has 2 unspecified atom stereocenters. The maximum Gasteiger partial charge on any atom is 0.273 e. The van der Waals surface area contributed by atoms with Gasteiger partial charge in [-0.2, -0.15) is 0 Å². The lowest BCUT2D eigenvalue weighted by atomic mass is 9.82. The van der Waals surface area contributed by atoms with Crippen LogP contribution in [-0.4, -0.2) is 25.9 Å². The first-order valence-corrected chi connectivity index (χ1v) is 10.8. The molecule has 2 aliphatic rings. The minimum Gasteiger partial charge on any atom is -0.454 e. The number of nitrogens with zero attached hydrogens (tertiary/aromatic N) is 3. The number of hydrogen-bond acceptors (Lipinski definition) is 6. The summed E-state index contributed by atoms with van der Waals surface area (Å²) in [4.78, 5) is 14.0. The molecule has 0 saturated carbocycles. The number of carbonyl (C=O) groups is 1. The fourth-order valence-electron chi connectivity index (χ4n) is 4.83. The third kappa shape index (κ3) is 2.41. The summed E-state index contributed by atoms with van der Waals surface area (Å²) in [6.45, 7) is 6.27. The van der Waals surface area contributed by atoms with Gasteiger partial charge in [0.05, 0.1) is 17.5 Å². The van der Waals surface area contributed by atoms with Gasteiger partial charge >= 0.3 is 0 Å². The highest BCUT2D eigenvalue weighted by molar-refractivity contribution is 6.14. The highest BCUT2D eigenvalue weighted by Crippen LogP contribution is 2.60. The number of rotatable bonds is 5. The van der Waals surface area contributed by atoms with Crippen LogP contribution >= 0.6 is 0 Å². The second-order valence-electron chi connectivity index (χ2n) is 8.72. The highest BCUT2D eigenvalue weighted by atomic mass is 16.6. The Balaban J connectivity index is 1.79. The lowest BCUT2D eigenvalue weighted by molar-refractivity contribution is -0.173. The van der Waals surface area contributed by atoms with E-state index in [9.17, 15) is 9.90 Å². The smallest absolute Gasteiger partial charge is 0.273 e. The summed E-state index contributed by atoms with van der Waals surface area (Å²) in [7, 11) is 0. The number of fused-ring (bicyclic) bond motifs is 5. The van der Waals surface area contributed by atoms with E-state index in [-0.39, 0.29) is 17.3 Å². The predicted molar refractivity (Wildman–Crippen MR) is 116 cm³/mol. The number of carbonyl (C=O) groups excluding carboxylic acids is 1. The first-order chi connectivity index (χ1) is 14.8. The van der Waals surface area contributed by atoms with Gasteiger partial charge in [0, 0.05) is 16.8 Å². The third-order valence-electron chi connectivity index (χ3n) is 6.50. The number of ether oxygens (including phenoxy) is 1. The molecule has 0 fully saturated rings. The van der Waals surface area contributed by atoms with E-state index in [4.69, 9.17) is 10.5 Å². The molecule has 1 aliphatic carbocycles. The summed E-state index contributed by atoms with van der Waals surface area (Å²) in [6, 6.07) is 10.8. The predicted octanol–water partition coefficient (Wildman–Crippen LogP) is 3.50. The summed E-state index contributed by atoms with van der Waals surface area (Å²) in [5, 5.41) is 20.6. The quantitative estimate of drug-likeness (QED) is 0.615. The number of hydrogen-bond donors (Lipinski definition) is 2. The topological polar surface area (TPSA) is 103 Å². The van der Waals surface area contributed by atoms with Crippen LogP contribution in [0.5, 0.6) is 5.75 Å². The van der Waals surface area contributed by atoms with Gasteiger partial charge in [-0.1, -0.05) is 56.7 Å². The molecular weight excluding hydrogens is 392 g/mol. The van der Waals surface area contributed by atoms with Gasteiger partial charge in [0.15, 0.2) is 0 Å². The van der Waals surface area contributed by atoms with Gasteiger partial charge in [-0.15, -0.1) is 5.10 Å². The average molecular weight is 418 g/mol. The van der Waals surface area contributed by atoms with Gasteiger partial charge in [0.2, 0.25) is 11.3 Å². The number of nitrogen functional groups attached to an aromatic ring is 1. The minimum atomic E-state index is -1.97. The van der Waals surface area contributed by atoms with E-state index in [1.165, 1.54) is 4.68 Å². The lowest BCUT2D eigenvalue weighted by Crippen LogP contribution is -2.54. The SMILES string of the molecule is CCCCc1cn(C23C(=O)c4c(N)cccc4C2(O)Oc2cc(C(C)C)ccc23)nn1. The van der Waals surface area contributed by atoms with Gasteiger partial charge in [-0.3, -0.25) is 4.79 Å². The highest BCUT2D eigenvalue weighted by Gasteiger charge is 2.73. The van der Waals surface area contributed by atoms with Crippen molar-refractivity contribution in [2.24, 2.45) is 0 Å². The van der Waals surface area contributed by atoms with Crippen molar-refractivity contribution in [3.05, 3.63) is 70.5 Å². The largest absolute Gasteiger partial charge is 0.454 e. The van der Waals surface area contributed by atoms with Crippen LogP contribution in [0.15, 0.2) is 42.6 Å². The molecule has 31 heavy (non-hydrogen) atoms. The Labute approximate surface area is 180 Å². The molecule has 2 atom stereocenters. The van der Waals surface area contributed by atoms with E-state index >= 15 is 0 Å². The summed E-state index contributed by atoms with van der Waals surface area (Å²) >= 11 is 0. The van der Waals surface area contributed by atoms with Crippen LogP contribution in [0.4, 0.5) is 5.69 Å². The van der Waals surface area contributed by atoms with E-state index in [2.05, 4.69) is 31.1 Å². The molecule has 1 aromatic heterocycles. The zero-order valence-electron chi connectivity index (χ0n) is 17.9. The summed E-state index contributed by atoms with van der Waals surface area (Å²) in [5.74, 6) is -1.57. The van der Waals surface area contributed by atoms with Crippen LogP contribution in [0, 0.1) is 0 Å². The second-order valence-corrected chi connectivity index (χ2v) is 8.72. The molecule has 5 rings (SSSR count). The van der Waals surface area contributed by atoms with E-state index < -0.39 is 11.3 Å². The monoisotopic (exact) mass is 418 g/mol. The third-order valence-corrected chi connectivity index (χ3v) is 6.50. The van der Waals surface area contributed by atoms with E-state index in [0.717, 1.165) is 30.5 Å². The number of anilines is 1. The average Bonchev–Trinajstić information content (AvgIpc) is 3.36. The molecule has 0 saturated heterocycles. The first kappa shape index (κ1) is 19.8. The molecule has 7 heteroatoms. The first-order valence-electron chi connectivity index (χ1n) is 10.8. The number of aliphatic hydroxyl groups is 1. The minimum absolute atomic E-state index is 0.269. The van der Waals surface area contributed by atoms with E-state index in [1.807, 2.05) is 18.2 Å². The van der Waals surface area contributed by atoms with Crippen molar-refractivity contribution >= 4 is 11.5 Å². The molecule has 3 aromatic rings. The molecule has 1 aliphatic heterocycles. The van der Waals surface area contributed by atoms with E-state index in [0.29, 0.717) is 22.6 Å². The fourth-order valence-corrected chi connectivity index (χ4v) is 4.83. The van der Waals surface area contributed by atoms with Crippen molar-refractivity contribution in [2.45, 2.75) is 57.3 Å². The number of aromatic nitrogens is 3. The molecule has 3 N–H and O–H groups in total. The zero-order valence-corrected chi connectivity index (χ0v) is 17.9. The molecule has 0 bridgehead atoms. The van der Waals surface area contributed by atoms with E-state index in [1.54, 1.807) is 24.4 Å². The molecule has 0 radical (unpaired) electrons. The number of unbranched alkanes of at least 4 members (excludes halogenated alkanes) is 1. The Morgan fingerprint density at radius 2 is 2.03 bits per heavy atom. The normalized spacial score (nSPS) is 23.6. The van der Waals surface area contributed by atoms with Crippen molar-refractivity contribution in [3.8, 4) is 5.75 Å². The Hall–Kier alpha value is -3.19. The molecule has 2 aromatic carbocycles. The molecule has 7 nitrogen and oxygen atoms in total. The van der Waals surface area contributed by atoms with Crippen molar-refractivity contribution in [1.29, 1.82) is 0 Å². The van der Waals surface area contributed by atoms with Crippen LogP contribution in [0.25, 0.3) is 0 Å². The van der Waals surface area contributed by atoms with Gasteiger partial charge < -0.3 is 15.6 Å². The standard InChI is InChI=1S/C24H26N4O3/c1-4-5-7-16-13-28(27-26-16)23-17-11-10-15(14(2)3)12-20(17)31-24(23,30)18-8-6-9-19(25)21(18)22(23)29/h6,8-14,30H,4-5,7,25H2,1-3H3. The fraction of sp³-hybridized carbons (Fsp3) is 0.375. The lowest BCUT2D eigenvalue weighted by Gasteiger charge is -2.33. The maximum atomic E-state index is 14.0. The summed E-state index contributed by atoms with van der Waals surface area (Å²) in [6.07, 6.45) is 4.47. The summed E-state index contributed by atoms with van der Waals surface area (Å²) in [5.41, 5.74) is 7.88. The molecule has 0 spiro atoms. The second kappa shape index (κ2) is 6.65. The number of aryl methyl sites for hydroxylation is 1. The molecule has 160 valence electrons. The van der Waals surface area contributed by atoms with Gasteiger partial charge in [-0.25, -0.2) is 4.68 Å². The Kier molecular flexibility index (Phi) is 4.24. The van der Waals surface area contributed by atoms with Crippen LogP contribution < -0.4 is 10.5 Å². The van der Waals surface area contributed by atoms with Crippen molar-refractivity contribution in [1.82, 2.24) is 15.0 Å². The zero-order chi connectivity index (χ0) is 22.0. The number of nitrogens with two attached hydrogens (primary N) is 1. The Morgan fingerprint density at radius 3 is 2.77 bits per heavy atom. The van der Waals surface area contributed by atoms with Crippen molar-refractivity contribution < 1.29 is 14.6 Å². The van der Waals surface area contributed by atoms with Crippen LogP contribution in [0.3, 0.4) is 0 Å². The molecular formula is C24H26N4O3. The van der Waals surface area contributed by atoms with Gasteiger partial charge in [0.1, 0.15) is 5.75 Å². The number of ketones is 1. The number of benzene rings is 2. The maximum absolute atomic E-state index is 14.0. The van der Waals surface area contributed by atoms with Crippen molar-refractivity contribution in [2.75, 3.05) is 5.73 Å². The van der Waals surface area contributed by atoms with Crippen LogP contribution in [0.1, 0.15) is 72.3 Å². The Morgan fingerprint density at radius 1 is 1.23 bits per heavy atom. The summed E-state index contributed by atoms with van der Waals surface area (Å²) < 4.78 is 7.67. The molecule has 2 heterocycles. The van der Waals surface area contributed by atoms with Gasteiger partial charge in [0.25, 0.3) is 5.79 Å². The van der Waals surface area contributed by atoms with Crippen LogP contribution in [-0.2, 0) is 17.7 Å². The van der Waals surface area contributed by atoms with Crippen molar-refractivity contribution in [3.63, 3.8) is 0 Å². The molecule has 0 amide bonds. The van der Waals surface area contributed by atoms with Crippen LogP contribution in [0.2, 0.25) is 0 Å². The number of Topliss-reactive ketones (excluding diaryl/α,β-unsaturated/α-hetero) is 1. The Bertz CT molecular complexity index is 1200. The van der Waals surface area contributed by atoms with Gasteiger partial charge in [-0.05, 0) is 36.5 Å².